The average molecular weight is 385 g/mol. The van der Waals surface area contributed by atoms with Gasteiger partial charge < -0.3 is 5.32 Å². The number of nitrogens with one attached hydrogen (secondary N) is 1. The summed E-state index contributed by atoms with van der Waals surface area (Å²) < 4.78 is 39.3. The number of aromatic nitrogens is 2. The van der Waals surface area contributed by atoms with Crippen LogP contribution in [0, 0.1) is 6.92 Å². The number of amides is 1. The van der Waals surface area contributed by atoms with Gasteiger partial charge in [-0.25, -0.2) is 4.98 Å². The van der Waals surface area contributed by atoms with Gasteiger partial charge in [0.15, 0.2) is 0 Å². The maximum absolute atomic E-state index is 13.1. The largest absolute Gasteiger partial charge is 0.433 e. The van der Waals surface area contributed by atoms with Crippen molar-refractivity contribution in [2.45, 2.75) is 26.1 Å². The molecule has 0 unspecified atom stereocenters. The predicted octanol–water partition coefficient (Wildman–Crippen LogP) is 4.33. The number of carbonyl (C=O) groups is 1. The maximum atomic E-state index is 13.1. The minimum atomic E-state index is -4.54. The van der Waals surface area contributed by atoms with Gasteiger partial charge >= 0.3 is 6.18 Å². The lowest BCUT2D eigenvalue weighted by Crippen LogP contribution is -2.25. The van der Waals surface area contributed by atoms with Crippen LogP contribution in [0.3, 0.4) is 0 Å². The summed E-state index contributed by atoms with van der Waals surface area (Å²) in [6.07, 6.45) is -2.85. The Hall–Kier alpha value is -3.22. The molecule has 0 fully saturated rings. The monoisotopic (exact) mass is 385 g/mol. The van der Waals surface area contributed by atoms with Crippen LogP contribution in [0.5, 0.6) is 0 Å². The Balaban J connectivity index is 1.84. The predicted molar refractivity (Wildman–Crippen MR) is 99.2 cm³/mol. The molecule has 0 aliphatic carbocycles. The van der Waals surface area contributed by atoms with E-state index in [0.29, 0.717) is 16.8 Å². The molecule has 3 aromatic rings. The van der Waals surface area contributed by atoms with E-state index in [1.165, 1.54) is 6.07 Å². The van der Waals surface area contributed by atoms with Gasteiger partial charge in [0.25, 0.3) is 0 Å². The molecule has 4 nitrogen and oxygen atoms in total. The third-order valence-electron chi connectivity index (χ3n) is 4.10. The molecule has 0 saturated carbocycles. The summed E-state index contributed by atoms with van der Waals surface area (Å²) in [4.78, 5) is 20.1. The van der Waals surface area contributed by atoms with Crippen LogP contribution in [-0.2, 0) is 23.9 Å². The third kappa shape index (κ3) is 4.94. The standard InChI is InChI=1S/C21H18F3N3O/c1-14-5-4-6-15(11-14)20-16(8-9-18(27-20)21(22,23)24)13-26-19(28)12-17-7-2-3-10-25-17/h2-11H,12-13H2,1H3,(H,26,28). The molecular formula is C21H18F3N3O. The fourth-order valence-electron chi connectivity index (χ4n) is 2.75. The molecule has 144 valence electrons. The molecule has 0 aliphatic rings. The fourth-order valence-corrected chi connectivity index (χ4v) is 2.75. The topological polar surface area (TPSA) is 54.9 Å². The Morgan fingerprint density at radius 1 is 1.07 bits per heavy atom. The van der Waals surface area contributed by atoms with Crippen LogP contribution >= 0.6 is 0 Å². The van der Waals surface area contributed by atoms with E-state index in [1.54, 1.807) is 42.6 Å². The number of benzene rings is 1. The summed E-state index contributed by atoms with van der Waals surface area (Å²) in [6, 6.07) is 14.6. The van der Waals surface area contributed by atoms with Crippen LogP contribution in [0.2, 0.25) is 0 Å². The van der Waals surface area contributed by atoms with Gasteiger partial charge in [-0.1, -0.05) is 35.9 Å². The quantitative estimate of drug-likeness (QED) is 0.711. The second-order valence-electron chi connectivity index (χ2n) is 6.35. The van der Waals surface area contributed by atoms with Crippen molar-refractivity contribution in [2.24, 2.45) is 0 Å². The third-order valence-corrected chi connectivity index (χ3v) is 4.10. The van der Waals surface area contributed by atoms with Crippen molar-refractivity contribution in [3.05, 3.63) is 83.3 Å². The second-order valence-corrected chi connectivity index (χ2v) is 6.35. The minimum Gasteiger partial charge on any atom is -0.352 e. The zero-order valence-corrected chi connectivity index (χ0v) is 15.1. The van der Waals surface area contributed by atoms with E-state index in [2.05, 4.69) is 15.3 Å². The van der Waals surface area contributed by atoms with Crippen LogP contribution in [0.15, 0.2) is 60.8 Å². The highest BCUT2D eigenvalue weighted by Gasteiger charge is 2.33. The molecule has 0 radical (unpaired) electrons. The second kappa shape index (κ2) is 8.21. The number of rotatable bonds is 5. The van der Waals surface area contributed by atoms with Gasteiger partial charge in [-0.2, -0.15) is 13.2 Å². The summed E-state index contributed by atoms with van der Waals surface area (Å²) in [5.41, 5.74) is 1.84. The smallest absolute Gasteiger partial charge is 0.352 e. The van der Waals surface area contributed by atoms with Crippen molar-refractivity contribution in [1.29, 1.82) is 0 Å². The van der Waals surface area contributed by atoms with Crippen LogP contribution in [0.4, 0.5) is 13.2 Å². The zero-order valence-electron chi connectivity index (χ0n) is 15.1. The van der Waals surface area contributed by atoms with E-state index in [4.69, 9.17) is 0 Å². The summed E-state index contributed by atoms with van der Waals surface area (Å²) in [7, 11) is 0. The summed E-state index contributed by atoms with van der Waals surface area (Å²) in [5, 5.41) is 2.73. The first-order valence-corrected chi connectivity index (χ1v) is 8.64. The Bertz CT molecular complexity index is 972. The highest BCUT2D eigenvalue weighted by molar-refractivity contribution is 5.78. The van der Waals surface area contributed by atoms with E-state index in [0.717, 1.165) is 11.6 Å². The molecule has 0 spiro atoms. The normalized spacial score (nSPS) is 11.3. The van der Waals surface area contributed by atoms with E-state index < -0.39 is 11.9 Å². The Morgan fingerprint density at radius 3 is 2.57 bits per heavy atom. The lowest BCUT2D eigenvalue weighted by atomic mass is 10.0. The molecule has 7 heteroatoms. The Kier molecular flexibility index (Phi) is 5.73. The van der Waals surface area contributed by atoms with Crippen LogP contribution in [0.25, 0.3) is 11.3 Å². The highest BCUT2D eigenvalue weighted by atomic mass is 19.4. The molecule has 0 atom stereocenters. The SMILES string of the molecule is Cc1cccc(-c2nc(C(F)(F)F)ccc2CNC(=O)Cc2ccccn2)c1. The molecule has 1 aromatic carbocycles. The number of halogens is 3. The molecule has 3 rings (SSSR count). The molecule has 0 aliphatic heterocycles. The molecule has 2 heterocycles. The van der Waals surface area contributed by atoms with Crippen molar-refractivity contribution in [1.82, 2.24) is 15.3 Å². The van der Waals surface area contributed by atoms with Crippen molar-refractivity contribution < 1.29 is 18.0 Å². The maximum Gasteiger partial charge on any atom is 0.433 e. The van der Waals surface area contributed by atoms with Crippen LogP contribution < -0.4 is 5.32 Å². The summed E-state index contributed by atoms with van der Waals surface area (Å²) in [6.45, 7) is 1.92. The lowest BCUT2D eigenvalue weighted by molar-refractivity contribution is -0.141. The van der Waals surface area contributed by atoms with Gasteiger partial charge in [-0.3, -0.25) is 9.78 Å². The van der Waals surface area contributed by atoms with Gasteiger partial charge in [0.05, 0.1) is 12.1 Å². The van der Waals surface area contributed by atoms with Gasteiger partial charge in [-0.05, 0) is 36.8 Å². The van der Waals surface area contributed by atoms with Crippen molar-refractivity contribution in [3.8, 4) is 11.3 Å². The van der Waals surface area contributed by atoms with Gasteiger partial charge in [0.1, 0.15) is 5.69 Å². The first kappa shape index (κ1) is 19.5. The van der Waals surface area contributed by atoms with Crippen molar-refractivity contribution in [3.63, 3.8) is 0 Å². The van der Waals surface area contributed by atoms with Crippen LogP contribution in [-0.4, -0.2) is 15.9 Å². The van der Waals surface area contributed by atoms with Gasteiger partial charge in [0.2, 0.25) is 5.91 Å². The lowest BCUT2D eigenvalue weighted by Gasteiger charge is -2.14. The molecule has 0 bridgehead atoms. The Morgan fingerprint density at radius 2 is 1.89 bits per heavy atom. The van der Waals surface area contributed by atoms with Crippen LogP contribution in [0.1, 0.15) is 22.5 Å². The summed E-state index contributed by atoms with van der Waals surface area (Å²) >= 11 is 0. The molecule has 2 aromatic heterocycles. The van der Waals surface area contributed by atoms with E-state index in [-0.39, 0.29) is 24.6 Å². The van der Waals surface area contributed by atoms with Crippen molar-refractivity contribution in [2.75, 3.05) is 0 Å². The summed E-state index contributed by atoms with van der Waals surface area (Å²) in [5.74, 6) is -0.270. The molecule has 28 heavy (non-hydrogen) atoms. The number of nitrogens with zero attached hydrogens (tertiary/aromatic N) is 2. The molecular weight excluding hydrogens is 367 g/mol. The fraction of sp³-hybridized carbons (Fsp3) is 0.190. The Labute approximate surface area is 160 Å². The number of alkyl halides is 3. The van der Waals surface area contributed by atoms with E-state index in [1.807, 2.05) is 13.0 Å². The first-order chi connectivity index (χ1) is 13.3. The first-order valence-electron chi connectivity index (χ1n) is 8.64. The zero-order chi connectivity index (χ0) is 20.1. The molecule has 1 N–H and O–H groups in total. The average Bonchev–Trinajstić information content (AvgIpc) is 2.66. The van der Waals surface area contributed by atoms with E-state index >= 15 is 0 Å². The number of aryl methyl sites for hydroxylation is 1. The molecule has 1 amide bonds. The minimum absolute atomic E-state index is 0.0695. The highest BCUT2D eigenvalue weighted by Crippen LogP contribution is 2.31. The number of carbonyl (C=O) groups excluding carboxylic acids is 1. The molecule has 0 saturated heterocycles. The number of hydrogen-bond donors (Lipinski definition) is 1. The van der Waals surface area contributed by atoms with Gasteiger partial charge in [-0.15, -0.1) is 0 Å². The number of pyridine rings is 2. The van der Waals surface area contributed by atoms with Gasteiger partial charge in [0, 0.05) is 24.0 Å². The van der Waals surface area contributed by atoms with Crippen molar-refractivity contribution >= 4 is 5.91 Å². The number of hydrogen-bond acceptors (Lipinski definition) is 3. The van der Waals surface area contributed by atoms with E-state index in [9.17, 15) is 18.0 Å².